The van der Waals surface area contributed by atoms with Crippen LogP contribution >= 0.6 is 69.6 Å². The van der Waals surface area contributed by atoms with Crippen LogP contribution in [0.15, 0.2) is 104 Å². The summed E-state index contributed by atoms with van der Waals surface area (Å²) >= 11 is 37.7. The van der Waals surface area contributed by atoms with Crippen molar-refractivity contribution in [1.82, 2.24) is 4.57 Å². The lowest BCUT2D eigenvalue weighted by Gasteiger charge is -2.19. The first-order valence-electron chi connectivity index (χ1n) is 12.3. The Labute approximate surface area is 281 Å². The Hall–Kier alpha value is -1.96. The molecule has 5 rings (SSSR count). The quantitative estimate of drug-likeness (QED) is 0.162. The van der Waals surface area contributed by atoms with Crippen LogP contribution in [-0.4, -0.2) is 10.0 Å². The highest BCUT2D eigenvalue weighted by Crippen LogP contribution is 2.32. The van der Waals surface area contributed by atoms with Crippen molar-refractivity contribution in [1.29, 1.82) is 0 Å². The lowest BCUT2D eigenvalue weighted by molar-refractivity contribution is -0.705. The third kappa shape index (κ3) is 8.57. The van der Waals surface area contributed by atoms with Crippen LogP contribution < -0.4 is 17.0 Å². The number of rotatable bonds is 9. The first-order chi connectivity index (χ1) is 19.3. The van der Waals surface area contributed by atoms with Gasteiger partial charge in [-0.1, -0.05) is 106 Å². The third-order valence-corrected chi connectivity index (χ3v) is 8.18. The van der Waals surface area contributed by atoms with Gasteiger partial charge in [-0.25, -0.2) is 9.13 Å². The van der Waals surface area contributed by atoms with Crippen molar-refractivity contribution in [3.05, 3.63) is 156 Å². The molecule has 0 aliphatic rings. The highest BCUT2D eigenvalue weighted by molar-refractivity contribution is 6.35. The highest BCUT2D eigenvalue weighted by atomic mass is 35.5. The van der Waals surface area contributed by atoms with Crippen molar-refractivity contribution >= 4 is 69.6 Å². The van der Waals surface area contributed by atoms with Gasteiger partial charge in [0.05, 0.1) is 6.61 Å². The predicted octanol–water partition coefficient (Wildman–Crippen LogP) is 6.47. The molecule has 2 N–H and O–H groups in total. The molecule has 42 heavy (non-hydrogen) atoms. The topological polar surface area (TPSA) is 49.5 Å². The molecule has 220 valence electrons. The van der Waals surface area contributed by atoms with E-state index in [2.05, 4.69) is 9.13 Å². The molecular formula is C31H25Cl7N2O2. The second-order valence-corrected chi connectivity index (χ2v) is 11.8. The van der Waals surface area contributed by atoms with Gasteiger partial charge >= 0.3 is 0 Å². The van der Waals surface area contributed by atoms with E-state index in [0.717, 1.165) is 22.3 Å². The maximum Gasteiger partial charge on any atom is 0.244 e. The number of hydrogen-bond donors (Lipinski definition) is 0. The standard InChI is InChI=1S/C31H23Cl6N2O.ClH.H2O/c32-23-6-1-20(2-7-23)31(21-3-8-24(33)9-4-21)39-14-13-38(19-39)17-30(27-12-11-26(35)16-29(27)37)40-18-22-5-10-25(34)15-28(22)36;;/h1-16,19,30-31H,17-18H2;1H;1H2/q+1;;/p-1. The van der Waals surface area contributed by atoms with Crippen LogP contribution in [0, 0.1) is 0 Å². The largest absolute Gasteiger partial charge is 1.00 e. The van der Waals surface area contributed by atoms with Crippen molar-refractivity contribution in [2.45, 2.75) is 25.3 Å². The molecule has 4 aromatic carbocycles. The number of benzene rings is 4. The Morgan fingerprint density at radius 3 is 1.74 bits per heavy atom. The molecule has 0 saturated carbocycles. The van der Waals surface area contributed by atoms with Gasteiger partial charge in [-0.05, 0) is 54.1 Å². The van der Waals surface area contributed by atoms with Gasteiger partial charge < -0.3 is 22.6 Å². The number of imidazole rings is 1. The molecule has 0 bridgehead atoms. The van der Waals surface area contributed by atoms with E-state index >= 15 is 0 Å². The highest BCUT2D eigenvalue weighted by Gasteiger charge is 2.25. The lowest BCUT2D eigenvalue weighted by atomic mass is 9.98. The summed E-state index contributed by atoms with van der Waals surface area (Å²) < 4.78 is 10.6. The number of halogens is 7. The van der Waals surface area contributed by atoms with Gasteiger partial charge in [0, 0.05) is 46.8 Å². The van der Waals surface area contributed by atoms with Crippen LogP contribution in [0.5, 0.6) is 0 Å². The molecule has 0 spiro atoms. The summed E-state index contributed by atoms with van der Waals surface area (Å²) in [4.78, 5) is 0. The zero-order valence-corrected chi connectivity index (χ0v) is 27.1. The van der Waals surface area contributed by atoms with Gasteiger partial charge in [-0.2, -0.15) is 0 Å². The average Bonchev–Trinajstić information content (AvgIpc) is 3.38. The molecular weight excluding hydrogens is 681 g/mol. The van der Waals surface area contributed by atoms with E-state index in [1.54, 1.807) is 24.3 Å². The molecule has 0 aliphatic heterocycles. The minimum atomic E-state index is -0.387. The van der Waals surface area contributed by atoms with E-state index in [9.17, 15) is 0 Å². The number of nitrogens with zero attached hydrogens (tertiary/aromatic N) is 2. The Morgan fingerprint density at radius 1 is 0.667 bits per heavy atom. The summed E-state index contributed by atoms with van der Waals surface area (Å²) in [6.45, 7) is 0.770. The van der Waals surface area contributed by atoms with Crippen molar-refractivity contribution in [2.24, 2.45) is 0 Å². The van der Waals surface area contributed by atoms with Gasteiger partial charge in [0.2, 0.25) is 6.33 Å². The van der Waals surface area contributed by atoms with Gasteiger partial charge in [0.25, 0.3) is 0 Å². The number of hydrogen-bond acceptors (Lipinski definition) is 1. The Kier molecular flexibility index (Phi) is 12.9. The van der Waals surface area contributed by atoms with Crippen LogP contribution in [0.3, 0.4) is 0 Å². The molecule has 0 radical (unpaired) electrons. The molecule has 0 fully saturated rings. The number of ether oxygens (including phenoxy) is 1. The molecule has 0 amide bonds. The van der Waals surface area contributed by atoms with Gasteiger partial charge in [-0.15, -0.1) is 0 Å². The molecule has 5 aromatic rings. The van der Waals surface area contributed by atoms with Crippen LogP contribution in [0.4, 0.5) is 0 Å². The fourth-order valence-corrected chi connectivity index (χ4v) is 5.77. The molecule has 1 atom stereocenters. The summed E-state index contributed by atoms with van der Waals surface area (Å²) in [5.41, 5.74) is 3.82. The minimum Gasteiger partial charge on any atom is -1.00 e. The SMILES string of the molecule is Clc1ccc(C(c2ccc(Cl)cc2)n2cc[n+](CC(OCc3ccc(Cl)cc3Cl)c3ccc(Cl)cc3Cl)c2)cc1.O.[Cl-]. The van der Waals surface area contributed by atoms with E-state index in [1.165, 1.54) is 0 Å². The molecule has 4 nitrogen and oxygen atoms in total. The van der Waals surface area contributed by atoms with E-state index in [4.69, 9.17) is 74.3 Å². The molecule has 1 aromatic heterocycles. The summed E-state index contributed by atoms with van der Waals surface area (Å²) in [6, 6.07) is 26.4. The smallest absolute Gasteiger partial charge is 0.244 e. The normalized spacial score (nSPS) is 11.6. The fraction of sp³-hybridized carbons (Fsp3) is 0.129. The van der Waals surface area contributed by atoms with Gasteiger partial charge in [0.1, 0.15) is 25.0 Å². The van der Waals surface area contributed by atoms with E-state index in [-0.39, 0.29) is 36.6 Å². The van der Waals surface area contributed by atoms with Crippen LogP contribution in [0.1, 0.15) is 34.4 Å². The molecule has 0 saturated heterocycles. The Balaban J connectivity index is 0.00000242. The van der Waals surface area contributed by atoms with Crippen molar-refractivity contribution in [3.63, 3.8) is 0 Å². The van der Waals surface area contributed by atoms with Gasteiger partial charge in [0.15, 0.2) is 6.04 Å². The van der Waals surface area contributed by atoms with Crippen molar-refractivity contribution in [2.75, 3.05) is 0 Å². The fourth-order valence-electron chi connectivity index (χ4n) is 4.52. The number of aromatic nitrogens is 2. The zero-order chi connectivity index (χ0) is 28.2. The molecule has 1 unspecified atom stereocenters. The summed E-state index contributed by atoms with van der Waals surface area (Å²) in [5.74, 6) is 0. The average molecular weight is 706 g/mol. The van der Waals surface area contributed by atoms with Crippen LogP contribution in [0.2, 0.25) is 30.1 Å². The first kappa shape index (κ1) is 34.5. The maximum atomic E-state index is 6.62. The second kappa shape index (κ2) is 15.7. The summed E-state index contributed by atoms with van der Waals surface area (Å²) in [7, 11) is 0. The van der Waals surface area contributed by atoms with Crippen LogP contribution in [0.25, 0.3) is 0 Å². The predicted molar refractivity (Wildman–Crippen MR) is 169 cm³/mol. The zero-order valence-electron chi connectivity index (χ0n) is 21.8. The molecule has 1 heterocycles. The Morgan fingerprint density at radius 2 is 1.19 bits per heavy atom. The van der Waals surface area contributed by atoms with Crippen molar-refractivity contribution in [3.8, 4) is 0 Å². The maximum absolute atomic E-state index is 6.62. The van der Waals surface area contributed by atoms with Crippen molar-refractivity contribution < 1.29 is 27.2 Å². The summed E-state index contributed by atoms with van der Waals surface area (Å²) in [5, 5.41) is 3.56. The molecule has 0 aliphatic carbocycles. The third-order valence-electron chi connectivity index (χ3n) is 6.52. The Bertz CT molecular complexity index is 1560. The minimum absolute atomic E-state index is 0. The van der Waals surface area contributed by atoms with E-state index in [1.807, 2.05) is 79.4 Å². The summed E-state index contributed by atoms with van der Waals surface area (Å²) in [6.07, 6.45) is 5.70. The van der Waals surface area contributed by atoms with Crippen LogP contribution in [-0.2, 0) is 17.9 Å². The first-order valence-corrected chi connectivity index (χ1v) is 14.6. The monoisotopic (exact) mass is 702 g/mol. The second-order valence-electron chi connectivity index (χ2n) is 9.26. The van der Waals surface area contributed by atoms with E-state index in [0.29, 0.717) is 36.7 Å². The van der Waals surface area contributed by atoms with Gasteiger partial charge in [-0.3, -0.25) is 0 Å². The van der Waals surface area contributed by atoms with E-state index < -0.39 is 0 Å². The molecule has 11 heteroatoms. The lowest BCUT2D eigenvalue weighted by Crippen LogP contribution is -3.00.